The van der Waals surface area contributed by atoms with Crippen molar-refractivity contribution in [1.82, 2.24) is 25.1 Å². The molecule has 3 heterocycles. The second-order valence-corrected chi connectivity index (χ2v) is 9.20. The van der Waals surface area contributed by atoms with Crippen molar-refractivity contribution in [2.24, 2.45) is 0 Å². The van der Waals surface area contributed by atoms with Crippen LogP contribution in [0.2, 0.25) is 0 Å². The number of benzene rings is 1. The maximum Gasteiger partial charge on any atom is 0.490 e. The zero-order chi connectivity index (χ0) is 26.7. The van der Waals surface area contributed by atoms with Crippen molar-refractivity contribution in [2.45, 2.75) is 18.0 Å². The number of sulfone groups is 1. The van der Waals surface area contributed by atoms with E-state index in [0.29, 0.717) is 23.0 Å². The van der Waals surface area contributed by atoms with Crippen LogP contribution < -0.4 is 10.6 Å². The highest BCUT2D eigenvalue weighted by atomic mass is 32.2. The molecule has 0 amide bonds. The zero-order valence-corrected chi connectivity index (χ0v) is 19.2. The number of H-pyrrole nitrogens is 1. The summed E-state index contributed by atoms with van der Waals surface area (Å²) in [4.78, 5) is 21.2. The number of nitrogens with one attached hydrogen (secondary N) is 3. The molecule has 16 heteroatoms. The van der Waals surface area contributed by atoms with Crippen LogP contribution in [0.3, 0.4) is 0 Å². The van der Waals surface area contributed by atoms with E-state index in [2.05, 4.69) is 35.8 Å². The molecule has 0 aliphatic carbocycles. The number of aryl methyl sites for hydroxylation is 1. The van der Waals surface area contributed by atoms with E-state index in [1.807, 2.05) is 13.0 Å². The minimum atomic E-state index is -5.08. The fourth-order valence-electron chi connectivity index (χ4n) is 2.71. The van der Waals surface area contributed by atoms with Crippen LogP contribution in [-0.2, 0) is 14.6 Å². The Balaban J connectivity index is 0.000000454. The average molecular weight is 527 g/mol. The van der Waals surface area contributed by atoms with E-state index in [0.717, 1.165) is 23.3 Å². The summed E-state index contributed by atoms with van der Waals surface area (Å²) in [6.07, 6.45) is -0.880. The number of aliphatic carboxylic acids is 1. The van der Waals surface area contributed by atoms with Crippen molar-refractivity contribution in [3.05, 3.63) is 54.1 Å². The summed E-state index contributed by atoms with van der Waals surface area (Å²) in [6.45, 7) is 1.93. The maximum absolute atomic E-state index is 13.8. The lowest BCUT2D eigenvalue weighted by atomic mass is 10.2. The molecule has 4 rings (SSSR count). The van der Waals surface area contributed by atoms with Gasteiger partial charge in [-0.25, -0.2) is 27.6 Å². The molecule has 0 radical (unpaired) electrons. The molecule has 1 aromatic carbocycles. The third-order valence-electron chi connectivity index (χ3n) is 4.28. The number of anilines is 4. The normalized spacial score (nSPS) is 11.5. The number of rotatable bonds is 5. The minimum absolute atomic E-state index is 0.208. The van der Waals surface area contributed by atoms with Gasteiger partial charge in [0.15, 0.2) is 15.5 Å². The topological polar surface area (TPSA) is 163 Å². The number of aromatic amines is 1. The van der Waals surface area contributed by atoms with Gasteiger partial charge in [-0.15, -0.1) is 0 Å². The predicted molar refractivity (Wildman–Crippen MR) is 120 cm³/mol. The number of carboxylic acid groups (broad SMARTS) is 1. The summed E-state index contributed by atoms with van der Waals surface area (Å²) in [7, 11) is -3.70. The fraction of sp³-hybridized carbons (Fsp3) is 0.150. The van der Waals surface area contributed by atoms with Gasteiger partial charge in [0.25, 0.3) is 0 Å². The highest BCUT2D eigenvalue weighted by Gasteiger charge is 2.38. The van der Waals surface area contributed by atoms with Crippen LogP contribution in [0, 0.1) is 12.7 Å². The number of halogens is 4. The molecular formula is C20H17F4N7O4S. The van der Waals surface area contributed by atoms with Gasteiger partial charge < -0.3 is 15.7 Å². The lowest BCUT2D eigenvalue weighted by molar-refractivity contribution is -0.192. The van der Waals surface area contributed by atoms with E-state index in [1.54, 1.807) is 12.3 Å². The lowest BCUT2D eigenvalue weighted by Crippen LogP contribution is -2.21. The van der Waals surface area contributed by atoms with Crippen LogP contribution >= 0.6 is 0 Å². The van der Waals surface area contributed by atoms with Crippen molar-refractivity contribution in [2.75, 3.05) is 16.9 Å². The fourth-order valence-corrected chi connectivity index (χ4v) is 3.47. The van der Waals surface area contributed by atoms with Crippen LogP contribution in [0.1, 0.15) is 5.56 Å². The van der Waals surface area contributed by atoms with Crippen molar-refractivity contribution >= 4 is 50.1 Å². The van der Waals surface area contributed by atoms with E-state index >= 15 is 0 Å². The first kappa shape index (κ1) is 26.3. The highest BCUT2D eigenvalue weighted by molar-refractivity contribution is 7.90. The van der Waals surface area contributed by atoms with E-state index in [9.17, 15) is 26.0 Å². The first-order valence-corrected chi connectivity index (χ1v) is 11.6. The van der Waals surface area contributed by atoms with Crippen LogP contribution in [0.15, 0.2) is 47.6 Å². The summed E-state index contributed by atoms with van der Waals surface area (Å²) < 4.78 is 68.9. The van der Waals surface area contributed by atoms with Crippen molar-refractivity contribution in [3.8, 4) is 0 Å². The summed E-state index contributed by atoms with van der Waals surface area (Å²) in [5, 5.41) is 21.0. The van der Waals surface area contributed by atoms with Crippen LogP contribution in [0.25, 0.3) is 11.0 Å². The van der Waals surface area contributed by atoms with Crippen LogP contribution in [-0.4, -0.2) is 57.1 Å². The van der Waals surface area contributed by atoms with Gasteiger partial charge >= 0.3 is 12.1 Å². The lowest BCUT2D eigenvalue weighted by Gasteiger charge is -2.09. The smallest absolute Gasteiger partial charge is 0.475 e. The Labute approximate surface area is 200 Å². The van der Waals surface area contributed by atoms with Gasteiger partial charge in [-0.1, -0.05) is 0 Å². The Hall–Kier alpha value is -4.34. The average Bonchev–Trinajstić information content (AvgIpc) is 3.16. The second kappa shape index (κ2) is 10.1. The molecule has 4 aromatic rings. The highest BCUT2D eigenvalue weighted by Crippen LogP contribution is 2.24. The van der Waals surface area contributed by atoms with E-state index in [-0.39, 0.29) is 5.95 Å². The number of carboxylic acids is 1. The van der Waals surface area contributed by atoms with E-state index in [4.69, 9.17) is 9.90 Å². The Morgan fingerprint density at radius 2 is 1.81 bits per heavy atom. The van der Waals surface area contributed by atoms with Gasteiger partial charge in [0.1, 0.15) is 22.3 Å². The largest absolute Gasteiger partial charge is 0.490 e. The third-order valence-corrected chi connectivity index (χ3v) is 5.40. The predicted octanol–water partition coefficient (Wildman–Crippen LogP) is 3.72. The van der Waals surface area contributed by atoms with Crippen LogP contribution in [0.5, 0.6) is 0 Å². The molecule has 0 aliphatic rings. The molecule has 0 aliphatic heterocycles. The van der Waals surface area contributed by atoms with E-state index in [1.165, 1.54) is 18.3 Å². The van der Waals surface area contributed by atoms with Crippen molar-refractivity contribution < 1.29 is 35.9 Å². The first-order valence-electron chi connectivity index (χ1n) is 9.71. The van der Waals surface area contributed by atoms with Crippen molar-refractivity contribution in [1.29, 1.82) is 0 Å². The van der Waals surface area contributed by atoms with Gasteiger partial charge in [-0.3, -0.25) is 5.10 Å². The first-order chi connectivity index (χ1) is 16.7. The Morgan fingerprint density at radius 3 is 2.44 bits per heavy atom. The number of fused-ring (bicyclic) bond motifs is 1. The van der Waals surface area contributed by atoms with Gasteiger partial charge in [-0.05, 0) is 42.8 Å². The van der Waals surface area contributed by atoms with Crippen molar-refractivity contribution in [3.63, 3.8) is 0 Å². The molecule has 36 heavy (non-hydrogen) atoms. The number of hydrogen-bond acceptors (Lipinski definition) is 9. The Morgan fingerprint density at radius 1 is 1.11 bits per heavy atom. The summed E-state index contributed by atoms with van der Waals surface area (Å²) in [5.41, 5.74) is 1.91. The number of carbonyl (C=O) groups is 1. The molecule has 4 N–H and O–H groups in total. The number of hydrogen-bond donors (Lipinski definition) is 4. The van der Waals surface area contributed by atoms with Crippen LogP contribution in [0.4, 0.5) is 40.8 Å². The molecule has 0 bridgehead atoms. The molecule has 0 unspecified atom stereocenters. The summed E-state index contributed by atoms with van der Waals surface area (Å²) in [5.74, 6) is -2.27. The number of pyridine rings is 1. The number of nitrogens with zero attached hydrogens (tertiary/aromatic N) is 4. The van der Waals surface area contributed by atoms with Gasteiger partial charge in [0.2, 0.25) is 5.95 Å². The zero-order valence-electron chi connectivity index (χ0n) is 18.4. The molecule has 190 valence electrons. The summed E-state index contributed by atoms with van der Waals surface area (Å²) in [6, 6.07) is 7.29. The van der Waals surface area contributed by atoms with Gasteiger partial charge in [0, 0.05) is 24.3 Å². The maximum atomic E-state index is 13.8. The number of aromatic nitrogens is 5. The molecule has 3 aromatic heterocycles. The molecule has 0 saturated carbocycles. The molecular weight excluding hydrogens is 510 g/mol. The third kappa shape index (κ3) is 6.62. The molecule has 0 saturated heterocycles. The van der Waals surface area contributed by atoms with Gasteiger partial charge in [0.05, 0.1) is 5.39 Å². The molecule has 0 fully saturated rings. The molecule has 11 nitrogen and oxygen atoms in total. The van der Waals surface area contributed by atoms with E-state index < -0.39 is 32.7 Å². The summed E-state index contributed by atoms with van der Waals surface area (Å²) >= 11 is 0. The molecule has 0 atom stereocenters. The SMILES string of the molecule is Cc1cnc2n[nH]c(Nc3ccnc(Nc4ccc(F)c(S(C)(=O)=O)c4)n3)c2c1.O=C(O)C(F)(F)F. The second-order valence-electron chi connectivity index (χ2n) is 7.22. The Bertz CT molecular complexity index is 1520. The van der Waals surface area contributed by atoms with Gasteiger partial charge in [-0.2, -0.15) is 23.3 Å². The number of alkyl halides is 3. The monoisotopic (exact) mass is 527 g/mol. The minimum Gasteiger partial charge on any atom is -0.475 e. The quantitative estimate of drug-likeness (QED) is 0.281. The standard InChI is InChI=1S/C18H16FN7O2S.C2HF3O2/c1-10-7-12-16(21-9-10)25-26-17(12)23-15-5-6-20-18(24-15)22-11-3-4-13(19)14(8-11)29(2,27)28;3-2(4,5)1(6)7/h3-9H,1-2H3,(H3,20,21,22,23,24,25,26);(H,6,7). The molecule has 0 spiro atoms. The Kier molecular flexibility index (Phi) is 7.37.